The fraction of sp³-hybridized carbons (Fsp3) is 0.370. The lowest BCUT2D eigenvalue weighted by atomic mass is 9.48. The Bertz CT molecular complexity index is 1190. The van der Waals surface area contributed by atoms with Gasteiger partial charge in [0.05, 0.1) is 5.56 Å². The van der Waals surface area contributed by atoms with Gasteiger partial charge in [0.25, 0.3) is 0 Å². The number of benzene rings is 3. The zero-order chi connectivity index (χ0) is 21.3. The molecule has 4 fully saturated rings. The molecule has 0 heterocycles. The normalized spacial score (nSPS) is 28.8. The van der Waals surface area contributed by atoms with Crippen LogP contribution in [0, 0.1) is 17.8 Å². The molecule has 4 saturated carbocycles. The van der Waals surface area contributed by atoms with Gasteiger partial charge in [0, 0.05) is 10.9 Å². The molecule has 0 aliphatic heterocycles. The Morgan fingerprint density at radius 1 is 0.806 bits per heavy atom. The number of aromatic hydroxyl groups is 2. The highest BCUT2D eigenvalue weighted by Gasteiger charge is 2.51. The van der Waals surface area contributed by atoms with E-state index in [1.807, 2.05) is 6.07 Å². The Kier molecular flexibility index (Phi) is 3.92. The second kappa shape index (κ2) is 6.49. The zero-order valence-electron chi connectivity index (χ0n) is 17.3. The van der Waals surface area contributed by atoms with Crippen molar-refractivity contribution in [2.75, 3.05) is 0 Å². The van der Waals surface area contributed by atoms with Crippen molar-refractivity contribution >= 4 is 16.7 Å². The van der Waals surface area contributed by atoms with E-state index in [4.69, 9.17) is 0 Å². The number of carboxylic acid groups (broad SMARTS) is 1. The van der Waals surface area contributed by atoms with Crippen LogP contribution in [0.4, 0.5) is 0 Å². The molecule has 0 unspecified atom stereocenters. The summed E-state index contributed by atoms with van der Waals surface area (Å²) in [7, 11) is 0. The Morgan fingerprint density at radius 2 is 1.48 bits per heavy atom. The smallest absolute Gasteiger partial charge is 0.335 e. The van der Waals surface area contributed by atoms with Crippen LogP contribution in [0.3, 0.4) is 0 Å². The zero-order valence-corrected chi connectivity index (χ0v) is 17.3. The molecule has 3 aromatic rings. The van der Waals surface area contributed by atoms with Gasteiger partial charge in [0.15, 0.2) is 0 Å². The predicted molar refractivity (Wildman–Crippen MR) is 120 cm³/mol. The van der Waals surface area contributed by atoms with Gasteiger partial charge in [-0.1, -0.05) is 12.1 Å². The van der Waals surface area contributed by atoms with Crippen LogP contribution in [0.2, 0.25) is 0 Å². The molecule has 4 aliphatic rings. The SMILES string of the molecule is O=C(O)c1ccc2cc(-c3cc(C45CC6CC(CC(C6)C4)C5)ccc3O)cc(O)c2c1. The van der Waals surface area contributed by atoms with Crippen LogP contribution < -0.4 is 0 Å². The van der Waals surface area contributed by atoms with Gasteiger partial charge >= 0.3 is 5.97 Å². The number of phenolic OH excluding ortho intramolecular Hbond substituents is 2. The maximum Gasteiger partial charge on any atom is 0.335 e. The highest BCUT2D eigenvalue weighted by Crippen LogP contribution is 2.61. The molecule has 3 aromatic carbocycles. The Morgan fingerprint density at radius 3 is 2.13 bits per heavy atom. The summed E-state index contributed by atoms with van der Waals surface area (Å²) in [6, 6.07) is 14.3. The standard InChI is InChI=1S/C27H26O4/c28-24-4-3-21(27-12-15-5-16(13-27)7-17(6-15)14-27)11-23(24)20-8-18-1-2-19(26(30)31)9-22(18)25(29)10-20/h1-4,8-11,15-17,28-29H,5-7,12-14H2,(H,30,31). The minimum absolute atomic E-state index is 0.0233. The highest BCUT2D eigenvalue weighted by molar-refractivity contribution is 5.98. The monoisotopic (exact) mass is 414 g/mol. The molecular weight excluding hydrogens is 388 g/mol. The van der Waals surface area contributed by atoms with E-state index in [9.17, 15) is 20.1 Å². The summed E-state index contributed by atoms with van der Waals surface area (Å²) in [5.41, 5.74) is 3.17. The number of phenols is 2. The van der Waals surface area contributed by atoms with Gasteiger partial charge in [0.2, 0.25) is 0 Å². The Balaban J connectivity index is 1.45. The van der Waals surface area contributed by atoms with Crippen molar-refractivity contribution in [1.82, 2.24) is 0 Å². The first-order valence-corrected chi connectivity index (χ1v) is 11.2. The molecule has 0 radical (unpaired) electrons. The second-order valence-electron chi connectivity index (χ2n) is 10.2. The third kappa shape index (κ3) is 2.92. The lowest BCUT2D eigenvalue weighted by Gasteiger charge is -2.57. The predicted octanol–water partition coefficient (Wildman–Crippen LogP) is 6.08. The third-order valence-corrected chi connectivity index (χ3v) is 8.14. The summed E-state index contributed by atoms with van der Waals surface area (Å²) in [6.07, 6.45) is 7.93. The summed E-state index contributed by atoms with van der Waals surface area (Å²) >= 11 is 0. The van der Waals surface area contributed by atoms with Gasteiger partial charge < -0.3 is 15.3 Å². The molecule has 0 atom stereocenters. The van der Waals surface area contributed by atoms with Crippen molar-refractivity contribution in [1.29, 1.82) is 0 Å². The number of hydrogen-bond acceptors (Lipinski definition) is 3. The van der Waals surface area contributed by atoms with Crippen molar-refractivity contribution in [3.05, 3.63) is 59.7 Å². The van der Waals surface area contributed by atoms with Crippen LogP contribution in [0.1, 0.15) is 54.4 Å². The first-order valence-electron chi connectivity index (χ1n) is 11.2. The summed E-state index contributed by atoms with van der Waals surface area (Å²) in [5.74, 6) is 1.74. The summed E-state index contributed by atoms with van der Waals surface area (Å²) in [4.78, 5) is 11.3. The summed E-state index contributed by atoms with van der Waals surface area (Å²) < 4.78 is 0. The van der Waals surface area contributed by atoms with Crippen LogP contribution in [-0.4, -0.2) is 21.3 Å². The number of carboxylic acids is 1. The molecule has 0 spiro atoms. The average Bonchev–Trinajstić information content (AvgIpc) is 2.72. The molecule has 0 saturated heterocycles. The van der Waals surface area contributed by atoms with Crippen LogP contribution >= 0.6 is 0 Å². The summed E-state index contributed by atoms with van der Waals surface area (Å²) in [5, 5.41) is 31.8. The van der Waals surface area contributed by atoms with Crippen LogP contribution in [0.5, 0.6) is 11.5 Å². The van der Waals surface area contributed by atoms with Crippen molar-refractivity contribution in [2.45, 2.75) is 43.9 Å². The fourth-order valence-corrected chi connectivity index (χ4v) is 7.19. The van der Waals surface area contributed by atoms with Gasteiger partial charge in [-0.2, -0.15) is 0 Å². The van der Waals surface area contributed by atoms with E-state index >= 15 is 0 Å². The van der Waals surface area contributed by atoms with Gasteiger partial charge in [-0.15, -0.1) is 0 Å². The van der Waals surface area contributed by atoms with Crippen molar-refractivity contribution < 1.29 is 20.1 Å². The highest BCUT2D eigenvalue weighted by atomic mass is 16.4. The van der Waals surface area contributed by atoms with E-state index in [0.29, 0.717) is 5.39 Å². The first-order chi connectivity index (χ1) is 14.9. The maximum absolute atomic E-state index is 11.3. The number of aromatic carboxylic acids is 1. The van der Waals surface area contributed by atoms with Crippen LogP contribution in [0.25, 0.3) is 21.9 Å². The second-order valence-corrected chi connectivity index (χ2v) is 10.2. The van der Waals surface area contributed by atoms with E-state index in [1.54, 1.807) is 24.3 Å². The van der Waals surface area contributed by atoms with Crippen molar-refractivity contribution in [3.8, 4) is 22.6 Å². The van der Waals surface area contributed by atoms with E-state index < -0.39 is 5.97 Å². The van der Waals surface area contributed by atoms with Crippen LogP contribution in [0.15, 0.2) is 48.5 Å². The van der Waals surface area contributed by atoms with E-state index in [2.05, 4.69) is 12.1 Å². The lowest BCUT2D eigenvalue weighted by molar-refractivity contribution is -0.00518. The third-order valence-electron chi connectivity index (χ3n) is 8.14. The number of hydrogen-bond donors (Lipinski definition) is 3. The molecule has 0 amide bonds. The number of fused-ring (bicyclic) bond motifs is 1. The molecule has 4 aliphatic carbocycles. The first kappa shape index (κ1) is 18.7. The topological polar surface area (TPSA) is 77.8 Å². The van der Waals surface area contributed by atoms with Gasteiger partial charge in [0.1, 0.15) is 11.5 Å². The number of rotatable bonds is 3. The minimum atomic E-state index is -1.02. The van der Waals surface area contributed by atoms with Crippen LogP contribution in [-0.2, 0) is 5.41 Å². The van der Waals surface area contributed by atoms with E-state index in [-0.39, 0.29) is 22.5 Å². The van der Waals surface area contributed by atoms with Gasteiger partial charge in [-0.25, -0.2) is 4.79 Å². The maximum atomic E-state index is 11.3. The molecular formula is C27H26O4. The molecule has 7 rings (SSSR count). The molecule has 0 aromatic heterocycles. The molecule has 4 heteroatoms. The molecule has 3 N–H and O–H groups in total. The van der Waals surface area contributed by atoms with Crippen molar-refractivity contribution in [2.24, 2.45) is 17.8 Å². The van der Waals surface area contributed by atoms with Crippen molar-refractivity contribution in [3.63, 3.8) is 0 Å². The molecule has 31 heavy (non-hydrogen) atoms. The lowest BCUT2D eigenvalue weighted by Crippen LogP contribution is -2.48. The molecule has 4 bridgehead atoms. The summed E-state index contributed by atoms with van der Waals surface area (Å²) in [6.45, 7) is 0. The average molecular weight is 415 g/mol. The molecule has 4 nitrogen and oxygen atoms in total. The Labute approximate surface area is 181 Å². The molecule has 158 valence electrons. The number of carbonyl (C=O) groups is 1. The largest absolute Gasteiger partial charge is 0.507 e. The Hall–Kier alpha value is -3.01. The van der Waals surface area contributed by atoms with E-state index in [0.717, 1.165) is 34.3 Å². The quantitative estimate of drug-likeness (QED) is 0.485. The minimum Gasteiger partial charge on any atom is -0.507 e. The van der Waals surface area contributed by atoms with Gasteiger partial charge in [-0.05, 0) is 115 Å². The fourth-order valence-electron chi connectivity index (χ4n) is 7.19. The van der Waals surface area contributed by atoms with Gasteiger partial charge in [-0.3, -0.25) is 0 Å². The van der Waals surface area contributed by atoms with E-state index in [1.165, 1.54) is 50.2 Å².